The third kappa shape index (κ3) is 3.79. The third-order valence-electron chi connectivity index (χ3n) is 2.89. The molecule has 0 saturated heterocycles. The number of rotatable bonds is 5. The maximum Gasteiger partial charge on any atom is 0.306 e. The van der Waals surface area contributed by atoms with Crippen LogP contribution in [-0.4, -0.2) is 12.1 Å². The Kier molecular flexibility index (Phi) is 4.26. The molecule has 13 heavy (non-hydrogen) atoms. The molecule has 0 aromatic heterocycles. The largest absolute Gasteiger partial charge is 0.462 e. The number of esters is 1. The molecule has 0 N–H and O–H groups in total. The van der Waals surface area contributed by atoms with E-state index in [2.05, 4.69) is 13.8 Å². The second-order valence-electron chi connectivity index (χ2n) is 4.09. The molecule has 1 rings (SSSR count). The Morgan fingerprint density at radius 1 is 1.54 bits per heavy atom. The maximum atomic E-state index is 11.2. The highest BCUT2D eigenvalue weighted by Gasteiger charge is 2.21. The number of hydrogen-bond donors (Lipinski definition) is 0. The molecule has 76 valence electrons. The van der Waals surface area contributed by atoms with Crippen LogP contribution in [0.25, 0.3) is 0 Å². The molecule has 1 fully saturated rings. The van der Waals surface area contributed by atoms with Crippen molar-refractivity contribution in [2.45, 2.75) is 58.5 Å². The summed E-state index contributed by atoms with van der Waals surface area (Å²) < 4.78 is 5.24. The monoisotopic (exact) mass is 184 g/mol. The Bertz CT molecular complexity index is 161. The predicted octanol–water partition coefficient (Wildman–Crippen LogP) is 2.91. The molecule has 2 nitrogen and oxygen atoms in total. The topological polar surface area (TPSA) is 26.3 Å². The minimum Gasteiger partial charge on any atom is -0.462 e. The van der Waals surface area contributed by atoms with Crippen molar-refractivity contribution in [1.82, 2.24) is 0 Å². The molecule has 0 radical (unpaired) electrons. The smallest absolute Gasteiger partial charge is 0.306 e. The average molecular weight is 184 g/mol. The van der Waals surface area contributed by atoms with Gasteiger partial charge in [0.2, 0.25) is 0 Å². The van der Waals surface area contributed by atoms with Crippen LogP contribution in [0.4, 0.5) is 0 Å². The lowest BCUT2D eigenvalue weighted by Gasteiger charge is -2.25. The molecule has 1 saturated carbocycles. The summed E-state index contributed by atoms with van der Waals surface area (Å²) in [4.78, 5) is 11.2. The fourth-order valence-corrected chi connectivity index (χ4v) is 1.30. The minimum absolute atomic E-state index is 0.00463. The summed E-state index contributed by atoms with van der Waals surface area (Å²) in [7, 11) is 0. The Labute approximate surface area is 80.7 Å². The van der Waals surface area contributed by atoms with E-state index in [0.717, 1.165) is 25.7 Å². The van der Waals surface area contributed by atoms with Crippen LogP contribution in [0.2, 0.25) is 0 Å². The molecule has 0 amide bonds. The number of carbonyl (C=O) groups excluding carboxylic acids is 1. The first-order valence-electron chi connectivity index (χ1n) is 5.41. The summed E-state index contributed by atoms with van der Waals surface area (Å²) in [6.07, 6.45) is 6.36. The molecule has 1 aliphatic rings. The molecule has 1 aliphatic carbocycles. The zero-order valence-electron chi connectivity index (χ0n) is 8.71. The van der Waals surface area contributed by atoms with E-state index in [0.29, 0.717) is 12.3 Å². The maximum absolute atomic E-state index is 11.2. The summed E-state index contributed by atoms with van der Waals surface area (Å²) >= 11 is 0. The van der Waals surface area contributed by atoms with Crippen molar-refractivity contribution in [2.75, 3.05) is 0 Å². The van der Waals surface area contributed by atoms with Gasteiger partial charge in [-0.05, 0) is 31.6 Å². The standard InChI is InChI=1S/C11H20O2/c1-3-9(2)7-8-11(12)13-10-5-4-6-10/h9-10H,3-8H2,1-2H3. The van der Waals surface area contributed by atoms with E-state index in [1.165, 1.54) is 6.42 Å². The van der Waals surface area contributed by atoms with E-state index < -0.39 is 0 Å². The van der Waals surface area contributed by atoms with E-state index in [4.69, 9.17) is 4.74 Å². The molecule has 0 spiro atoms. The number of ether oxygens (including phenoxy) is 1. The van der Waals surface area contributed by atoms with Crippen LogP contribution in [0.5, 0.6) is 0 Å². The van der Waals surface area contributed by atoms with Gasteiger partial charge in [0.1, 0.15) is 6.10 Å². The van der Waals surface area contributed by atoms with Crippen LogP contribution >= 0.6 is 0 Å². The van der Waals surface area contributed by atoms with Crippen LogP contribution in [0.3, 0.4) is 0 Å². The first-order valence-corrected chi connectivity index (χ1v) is 5.41. The first-order chi connectivity index (χ1) is 6.22. The van der Waals surface area contributed by atoms with Crippen molar-refractivity contribution in [3.8, 4) is 0 Å². The van der Waals surface area contributed by atoms with Crippen molar-refractivity contribution < 1.29 is 9.53 Å². The molecule has 1 atom stereocenters. The fourth-order valence-electron chi connectivity index (χ4n) is 1.30. The van der Waals surface area contributed by atoms with Crippen molar-refractivity contribution in [3.05, 3.63) is 0 Å². The molecule has 0 bridgehead atoms. The summed E-state index contributed by atoms with van der Waals surface area (Å²) in [5.74, 6) is 0.652. The number of hydrogen-bond acceptors (Lipinski definition) is 2. The Balaban J connectivity index is 2.03. The van der Waals surface area contributed by atoms with Crippen LogP contribution in [-0.2, 0) is 9.53 Å². The van der Waals surface area contributed by atoms with Gasteiger partial charge in [0, 0.05) is 6.42 Å². The van der Waals surface area contributed by atoms with Crippen LogP contribution in [0.1, 0.15) is 52.4 Å². The summed E-state index contributed by atoms with van der Waals surface area (Å²) in [5, 5.41) is 0. The van der Waals surface area contributed by atoms with Gasteiger partial charge < -0.3 is 4.74 Å². The van der Waals surface area contributed by atoms with Gasteiger partial charge in [-0.1, -0.05) is 20.3 Å². The lowest BCUT2D eigenvalue weighted by Crippen LogP contribution is -2.25. The molecule has 0 aliphatic heterocycles. The second-order valence-corrected chi connectivity index (χ2v) is 4.09. The van der Waals surface area contributed by atoms with Crippen molar-refractivity contribution >= 4 is 5.97 Å². The van der Waals surface area contributed by atoms with Gasteiger partial charge in [-0.3, -0.25) is 4.79 Å². The summed E-state index contributed by atoms with van der Waals surface area (Å²) in [6.45, 7) is 4.33. The molecular formula is C11H20O2. The lowest BCUT2D eigenvalue weighted by molar-refractivity contribution is -0.153. The van der Waals surface area contributed by atoms with Gasteiger partial charge in [0.05, 0.1) is 0 Å². The lowest BCUT2D eigenvalue weighted by atomic mass is 9.96. The highest BCUT2D eigenvalue weighted by atomic mass is 16.5. The number of carbonyl (C=O) groups is 1. The van der Waals surface area contributed by atoms with Gasteiger partial charge in [0.15, 0.2) is 0 Å². The minimum atomic E-state index is 0.00463. The van der Waals surface area contributed by atoms with Crippen LogP contribution < -0.4 is 0 Å². The van der Waals surface area contributed by atoms with Crippen molar-refractivity contribution in [3.63, 3.8) is 0 Å². The van der Waals surface area contributed by atoms with Crippen LogP contribution in [0.15, 0.2) is 0 Å². The van der Waals surface area contributed by atoms with Gasteiger partial charge in [-0.15, -0.1) is 0 Å². The highest BCUT2D eigenvalue weighted by molar-refractivity contribution is 5.69. The van der Waals surface area contributed by atoms with E-state index in [9.17, 15) is 4.79 Å². The third-order valence-corrected chi connectivity index (χ3v) is 2.89. The van der Waals surface area contributed by atoms with Crippen molar-refractivity contribution in [1.29, 1.82) is 0 Å². The predicted molar refractivity (Wildman–Crippen MR) is 52.4 cm³/mol. The zero-order chi connectivity index (χ0) is 9.68. The zero-order valence-corrected chi connectivity index (χ0v) is 8.71. The van der Waals surface area contributed by atoms with Gasteiger partial charge in [0.25, 0.3) is 0 Å². The molecule has 0 aromatic carbocycles. The van der Waals surface area contributed by atoms with Gasteiger partial charge >= 0.3 is 5.97 Å². The Morgan fingerprint density at radius 2 is 2.23 bits per heavy atom. The van der Waals surface area contributed by atoms with Crippen molar-refractivity contribution in [2.24, 2.45) is 5.92 Å². The van der Waals surface area contributed by atoms with Gasteiger partial charge in [-0.25, -0.2) is 0 Å². The molecule has 0 aromatic rings. The van der Waals surface area contributed by atoms with E-state index in [1.54, 1.807) is 0 Å². The average Bonchev–Trinajstić information content (AvgIpc) is 2.07. The summed E-state index contributed by atoms with van der Waals surface area (Å²) in [6, 6.07) is 0. The van der Waals surface area contributed by atoms with Gasteiger partial charge in [-0.2, -0.15) is 0 Å². The fraction of sp³-hybridized carbons (Fsp3) is 0.909. The first kappa shape index (κ1) is 10.6. The Morgan fingerprint density at radius 3 is 2.69 bits per heavy atom. The second kappa shape index (κ2) is 5.25. The van der Waals surface area contributed by atoms with E-state index >= 15 is 0 Å². The van der Waals surface area contributed by atoms with Crippen LogP contribution in [0, 0.1) is 5.92 Å². The summed E-state index contributed by atoms with van der Waals surface area (Å²) in [5.41, 5.74) is 0. The molecule has 0 heterocycles. The Hall–Kier alpha value is -0.530. The van der Waals surface area contributed by atoms with E-state index in [1.807, 2.05) is 0 Å². The molecule has 1 unspecified atom stereocenters. The molecule has 2 heteroatoms. The quantitative estimate of drug-likeness (QED) is 0.614. The highest BCUT2D eigenvalue weighted by Crippen LogP contribution is 2.22. The normalized spacial score (nSPS) is 19.2. The van der Waals surface area contributed by atoms with E-state index in [-0.39, 0.29) is 12.1 Å². The SMILES string of the molecule is CCC(C)CCC(=O)OC1CCC1. The molecular weight excluding hydrogens is 164 g/mol.